The van der Waals surface area contributed by atoms with Gasteiger partial charge in [-0.05, 0) is 27.7 Å². The van der Waals surface area contributed by atoms with Crippen LogP contribution in [0.4, 0.5) is 0 Å². The average molecular weight is 233 g/mol. The number of hydrogen-bond donors (Lipinski definition) is 1. The highest BCUT2D eigenvalue weighted by molar-refractivity contribution is 4.80. The smallest absolute Gasteiger partial charge is 0.163 e. The summed E-state index contributed by atoms with van der Waals surface area (Å²) in [6.45, 7) is 8.32. The Balaban J connectivity index is 2.34. The van der Waals surface area contributed by atoms with Crippen molar-refractivity contribution in [2.45, 2.75) is 51.4 Å². The largest absolute Gasteiger partial charge is 0.354 e. The first-order valence-corrected chi connectivity index (χ1v) is 5.52. The van der Waals surface area contributed by atoms with E-state index in [1.807, 2.05) is 27.7 Å². The van der Waals surface area contributed by atoms with Crippen LogP contribution >= 0.6 is 0 Å². The van der Waals surface area contributed by atoms with Gasteiger partial charge in [0, 0.05) is 7.11 Å². The van der Waals surface area contributed by atoms with Gasteiger partial charge in [-0.1, -0.05) is 0 Å². The molecule has 1 fully saturated rings. The zero-order chi connectivity index (χ0) is 12.4. The van der Waals surface area contributed by atoms with Crippen molar-refractivity contribution < 1.29 is 18.9 Å². The molecule has 0 spiro atoms. The van der Waals surface area contributed by atoms with E-state index in [2.05, 4.69) is 0 Å². The minimum atomic E-state index is -0.618. The lowest BCUT2D eigenvalue weighted by atomic mass is 10.2. The predicted octanol–water partition coefficient (Wildman–Crippen LogP) is 0.864. The Morgan fingerprint density at radius 3 is 2.56 bits per heavy atom. The van der Waals surface area contributed by atoms with Crippen LogP contribution in [-0.2, 0) is 18.9 Å². The van der Waals surface area contributed by atoms with Crippen molar-refractivity contribution in [3.63, 3.8) is 0 Å². The Bertz CT molecular complexity index is 230. The van der Waals surface area contributed by atoms with Gasteiger partial charge in [0.15, 0.2) is 11.6 Å². The highest BCUT2D eigenvalue weighted by atomic mass is 16.7. The van der Waals surface area contributed by atoms with Gasteiger partial charge in [0.1, 0.15) is 6.10 Å². The van der Waals surface area contributed by atoms with Crippen molar-refractivity contribution in [3.8, 4) is 0 Å². The molecule has 5 heteroatoms. The van der Waals surface area contributed by atoms with Crippen LogP contribution in [0.2, 0.25) is 0 Å². The Hall–Kier alpha value is -0.200. The second-order valence-corrected chi connectivity index (χ2v) is 4.95. The Morgan fingerprint density at radius 1 is 1.50 bits per heavy atom. The summed E-state index contributed by atoms with van der Waals surface area (Å²) < 4.78 is 21.8. The van der Waals surface area contributed by atoms with E-state index < -0.39 is 11.6 Å². The van der Waals surface area contributed by atoms with Gasteiger partial charge >= 0.3 is 0 Å². The fourth-order valence-corrected chi connectivity index (χ4v) is 1.39. The average Bonchev–Trinajstić information content (AvgIpc) is 2.55. The highest BCUT2D eigenvalue weighted by Crippen LogP contribution is 2.24. The first-order chi connectivity index (χ1) is 7.26. The fourth-order valence-electron chi connectivity index (χ4n) is 1.39. The van der Waals surface area contributed by atoms with E-state index in [4.69, 9.17) is 24.7 Å². The molecule has 1 aliphatic heterocycles. The third-order valence-corrected chi connectivity index (χ3v) is 2.62. The molecule has 0 aromatic rings. The molecule has 1 heterocycles. The Kier molecular flexibility index (Phi) is 4.31. The molecule has 0 aliphatic carbocycles. The zero-order valence-electron chi connectivity index (χ0n) is 10.8. The molecule has 0 aromatic carbocycles. The molecule has 0 bridgehead atoms. The van der Waals surface area contributed by atoms with Gasteiger partial charge in [-0.2, -0.15) is 0 Å². The summed E-state index contributed by atoms with van der Waals surface area (Å²) in [5, 5.41) is 0. The standard InChI is InChI=1S/C11H23NO4/c1-10(2,13-5)14-6-8(12)9-7-15-11(3,4)16-9/h8-9H,6-7,12H2,1-5H3/t8-,9+/m0/s1. The van der Waals surface area contributed by atoms with Gasteiger partial charge < -0.3 is 24.7 Å². The number of rotatable bonds is 5. The molecule has 16 heavy (non-hydrogen) atoms. The van der Waals surface area contributed by atoms with Crippen LogP contribution in [0, 0.1) is 0 Å². The van der Waals surface area contributed by atoms with Gasteiger partial charge in [0.2, 0.25) is 0 Å². The van der Waals surface area contributed by atoms with E-state index in [0.717, 1.165) is 0 Å². The van der Waals surface area contributed by atoms with E-state index in [0.29, 0.717) is 13.2 Å². The van der Waals surface area contributed by atoms with Crippen molar-refractivity contribution >= 4 is 0 Å². The van der Waals surface area contributed by atoms with Crippen molar-refractivity contribution in [2.24, 2.45) is 5.73 Å². The van der Waals surface area contributed by atoms with Crippen molar-refractivity contribution in [2.75, 3.05) is 20.3 Å². The van der Waals surface area contributed by atoms with Crippen LogP contribution in [0.3, 0.4) is 0 Å². The number of methoxy groups -OCH3 is 1. The van der Waals surface area contributed by atoms with Gasteiger partial charge in [-0.25, -0.2) is 0 Å². The summed E-state index contributed by atoms with van der Waals surface area (Å²) >= 11 is 0. The van der Waals surface area contributed by atoms with Crippen LogP contribution < -0.4 is 5.73 Å². The zero-order valence-corrected chi connectivity index (χ0v) is 10.8. The van der Waals surface area contributed by atoms with E-state index in [1.165, 1.54) is 0 Å². The third kappa shape index (κ3) is 3.99. The van der Waals surface area contributed by atoms with Crippen molar-refractivity contribution in [1.82, 2.24) is 0 Å². The second kappa shape index (κ2) is 4.98. The lowest BCUT2D eigenvalue weighted by Gasteiger charge is -2.27. The molecule has 1 aliphatic rings. The van der Waals surface area contributed by atoms with Gasteiger partial charge in [0.05, 0.1) is 19.3 Å². The highest BCUT2D eigenvalue weighted by Gasteiger charge is 2.36. The molecule has 0 aromatic heterocycles. The van der Waals surface area contributed by atoms with Gasteiger partial charge in [-0.3, -0.25) is 0 Å². The van der Waals surface area contributed by atoms with Crippen LogP contribution in [-0.4, -0.2) is 44.0 Å². The maximum absolute atomic E-state index is 5.98. The number of ether oxygens (including phenoxy) is 4. The minimum Gasteiger partial charge on any atom is -0.354 e. The maximum Gasteiger partial charge on any atom is 0.163 e. The van der Waals surface area contributed by atoms with Gasteiger partial charge in [-0.15, -0.1) is 0 Å². The molecule has 0 unspecified atom stereocenters. The molecule has 96 valence electrons. The van der Waals surface area contributed by atoms with Crippen LogP contribution in [0.15, 0.2) is 0 Å². The van der Waals surface area contributed by atoms with E-state index in [1.54, 1.807) is 7.11 Å². The van der Waals surface area contributed by atoms with Crippen molar-refractivity contribution in [3.05, 3.63) is 0 Å². The molecule has 1 rings (SSSR count). The van der Waals surface area contributed by atoms with E-state index in [-0.39, 0.29) is 12.1 Å². The first kappa shape index (κ1) is 13.9. The summed E-state index contributed by atoms with van der Waals surface area (Å²) in [7, 11) is 1.60. The fraction of sp³-hybridized carbons (Fsp3) is 1.00. The molecule has 5 nitrogen and oxygen atoms in total. The SMILES string of the molecule is COC(C)(C)OC[C@H](N)[C@H]1COC(C)(C)O1. The number of nitrogens with two attached hydrogens (primary N) is 1. The quantitative estimate of drug-likeness (QED) is 0.714. The topological polar surface area (TPSA) is 62.9 Å². The lowest BCUT2D eigenvalue weighted by Crippen LogP contribution is -2.44. The molecule has 1 saturated heterocycles. The molecule has 2 atom stereocenters. The summed E-state index contributed by atoms with van der Waals surface area (Å²) in [6.07, 6.45) is -0.123. The molecule has 0 amide bonds. The summed E-state index contributed by atoms with van der Waals surface area (Å²) in [5.41, 5.74) is 5.98. The molecule has 0 radical (unpaired) electrons. The summed E-state index contributed by atoms with van der Waals surface area (Å²) in [4.78, 5) is 0. The Labute approximate surface area is 97.2 Å². The number of hydrogen-bond acceptors (Lipinski definition) is 5. The first-order valence-electron chi connectivity index (χ1n) is 5.52. The van der Waals surface area contributed by atoms with Crippen molar-refractivity contribution in [1.29, 1.82) is 0 Å². The minimum absolute atomic E-state index is 0.123. The van der Waals surface area contributed by atoms with Crippen LogP contribution in [0.5, 0.6) is 0 Å². The summed E-state index contributed by atoms with van der Waals surface area (Å²) in [6, 6.07) is -0.212. The third-order valence-electron chi connectivity index (χ3n) is 2.62. The van der Waals surface area contributed by atoms with E-state index in [9.17, 15) is 0 Å². The van der Waals surface area contributed by atoms with Crippen LogP contribution in [0.1, 0.15) is 27.7 Å². The maximum atomic E-state index is 5.98. The summed E-state index contributed by atoms with van der Waals surface area (Å²) in [5.74, 6) is -1.16. The normalized spacial score (nSPS) is 27.0. The second-order valence-electron chi connectivity index (χ2n) is 4.95. The van der Waals surface area contributed by atoms with E-state index >= 15 is 0 Å². The molecular weight excluding hydrogens is 210 g/mol. The Morgan fingerprint density at radius 2 is 2.12 bits per heavy atom. The van der Waals surface area contributed by atoms with Gasteiger partial charge in [0.25, 0.3) is 0 Å². The lowest BCUT2D eigenvalue weighted by molar-refractivity contribution is -0.204. The molecular formula is C11H23NO4. The monoisotopic (exact) mass is 233 g/mol. The predicted molar refractivity (Wildman–Crippen MR) is 59.9 cm³/mol. The van der Waals surface area contributed by atoms with Crippen LogP contribution in [0.25, 0.3) is 0 Å². The molecule has 0 saturated carbocycles. The molecule has 2 N–H and O–H groups in total.